The zero-order chi connectivity index (χ0) is 28.7. The summed E-state index contributed by atoms with van der Waals surface area (Å²) >= 11 is 1.43. The van der Waals surface area contributed by atoms with Crippen LogP contribution < -0.4 is 21.3 Å². The monoisotopic (exact) mass is 558 g/mol. The van der Waals surface area contributed by atoms with Crippen LogP contribution in [0.15, 0.2) is 12.2 Å². The summed E-state index contributed by atoms with van der Waals surface area (Å²) in [5, 5.41) is 21.7. The molecule has 1 aliphatic heterocycles. The van der Waals surface area contributed by atoms with Gasteiger partial charge in [0.15, 0.2) is 0 Å². The Morgan fingerprint density at radius 3 is 2.61 bits per heavy atom. The summed E-state index contributed by atoms with van der Waals surface area (Å²) in [4.78, 5) is 50.5. The number of carbonyl (C=O) groups excluding carboxylic acids is 4. The maximum atomic E-state index is 12.9. The number of aliphatic hydroxyl groups is 1. The number of unbranched alkanes of at least 4 members (excludes halogenated alkanes) is 1. The first kappa shape index (κ1) is 33.7. The minimum absolute atomic E-state index is 0.0258. The largest absolute Gasteiger partial charge is 0.444 e. The zero-order valence-electron chi connectivity index (χ0n) is 23.5. The molecule has 0 bridgehead atoms. The molecule has 218 valence electrons. The lowest BCUT2D eigenvalue weighted by Crippen LogP contribution is -2.57. The Balaban J connectivity index is 2.90. The number of hydrogen-bond donors (Lipinski definition) is 5. The van der Waals surface area contributed by atoms with Crippen LogP contribution in [0.1, 0.15) is 60.8 Å². The van der Waals surface area contributed by atoms with Crippen molar-refractivity contribution in [1.82, 2.24) is 21.3 Å². The molecule has 0 radical (unpaired) electrons. The summed E-state index contributed by atoms with van der Waals surface area (Å²) in [5.41, 5.74) is -0.729. The second-order valence-electron chi connectivity index (χ2n) is 10.4. The minimum atomic E-state index is -1.05. The molecule has 0 saturated heterocycles. The van der Waals surface area contributed by atoms with Gasteiger partial charge in [-0.05, 0) is 40.5 Å². The van der Waals surface area contributed by atoms with E-state index in [1.165, 1.54) is 18.7 Å². The fourth-order valence-electron chi connectivity index (χ4n) is 3.42. The first-order valence-corrected chi connectivity index (χ1v) is 14.4. The number of carbonyl (C=O) groups is 4. The normalized spacial score (nSPS) is 24.4. The fraction of sp³-hybridized carbons (Fsp3) is 0.769. The molecule has 0 aromatic rings. The van der Waals surface area contributed by atoms with Crippen LogP contribution in [0.5, 0.6) is 0 Å². The number of aliphatic hydroxyl groups excluding tert-OH is 1. The van der Waals surface area contributed by atoms with Crippen molar-refractivity contribution >= 4 is 35.6 Å². The van der Waals surface area contributed by atoms with Crippen LogP contribution in [0.4, 0.5) is 4.79 Å². The lowest BCUT2D eigenvalue weighted by Gasteiger charge is -2.28. The SMILES string of the molecule is CCCCNC(=O)[C@H](C)C[C@H](O)[C@@H]1COC/C=C/CSC[C@H](NC(=O)OC(C)(C)C)C(=O)N[C@@H](C)C(=O)N1. The van der Waals surface area contributed by atoms with E-state index in [0.29, 0.717) is 12.3 Å². The molecule has 0 aliphatic carbocycles. The van der Waals surface area contributed by atoms with Crippen molar-refractivity contribution in [2.45, 2.75) is 90.6 Å². The van der Waals surface area contributed by atoms with Gasteiger partial charge in [0.25, 0.3) is 0 Å². The van der Waals surface area contributed by atoms with Crippen molar-refractivity contribution in [3.63, 3.8) is 0 Å². The molecule has 11 nitrogen and oxygen atoms in total. The summed E-state index contributed by atoms with van der Waals surface area (Å²) in [6.45, 7) is 11.3. The quantitative estimate of drug-likeness (QED) is 0.222. The number of hydrogen-bond acceptors (Lipinski definition) is 8. The smallest absolute Gasteiger partial charge is 0.408 e. The van der Waals surface area contributed by atoms with E-state index in [4.69, 9.17) is 9.47 Å². The predicted octanol–water partition coefficient (Wildman–Crippen LogP) is 1.49. The first-order chi connectivity index (χ1) is 17.8. The van der Waals surface area contributed by atoms with Crippen LogP contribution in [0, 0.1) is 5.92 Å². The molecule has 5 N–H and O–H groups in total. The van der Waals surface area contributed by atoms with Gasteiger partial charge in [-0.2, -0.15) is 11.8 Å². The third-order valence-corrected chi connectivity index (χ3v) is 6.60. The molecule has 5 atom stereocenters. The molecule has 1 aliphatic rings. The van der Waals surface area contributed by atoms with E-state index in [1.54, 1.807) is 33.8 Å². The Morgan fingerprint density at radius 2 is 1.95 bits per heavy atom. The van der Waals surface area contributed by atoms with Crippen molar-refractivity contribution in [1.29, 1.82) is 0 Å². The number of thioether (sulfide) groups is 1. The van der Waals surface area contributed by atoms with Gasteiger partial charge >= 0.3 is 6.09 Å². The predicted molar refractivity (Wildman–Crippen MR) is 148 cm³/mol. The topological polar surface area (TPSA) is 155 Å². The third-order valence-electron chi connectivity index (χ3n) is 5.60. The molecule has 4 amide bonds. The highest BCUT2D eigenvalue weighted by Crippen LogP contribution is 2.12. The molecule has 0 aromatic carbocycles. The standard InChI is InChI=1S/C26H46N4O7S/c1-7-8-11-27-22(32)17(2)14-21(31)19-15-36-12-9-10-13-38-16-20(30-25(35)37-26(4,5)6)24(34)28-18(3)23(33)29-19/h9-10,17-21,31H,7-8,11-16H2,1-6H3,(H,27,32)(H,28,34)(H,29,33)(H,30,35)/b10-9+/t17-,18+,19+,20+,21+/m1/s1. The van der Waals surface area contributed by atoms with Gasteiger partial charge in [0.2, 0.25) is 17.7 Å². The Labute approximate surface area is 230 Å². The molecule has 0 unspecified atom stereocenters. The highest BCUT2D eigenvalue weighted by Gasteiger charge is 2.30. The molecule has 1 heterocycles. The second-order valence-corrected chi connectivity index (χ2v) is 11.5. The number of rotatable bonds is 8. The number of alkyl carbamates (subject to hydrolysis) is 1. The lowest BCUT2D eigenvalue weighted by molar-refractivity contribution is -0.130. The van der Waals surface area contributed by atoms with E-state index in [-0.39, 0.29) is 31.3 Å². The summed E-state index contributed by atoms with van der Waals surface area (Å²) in [6, 6.07) is -2.67. The van der Waals surface area contributed by atoms with Gasteiger partial charge in [-0.15, -0.1) is 0 Å². The van der Waals surface area contributed by atoms with Crippen LogP contribution in [-0.4, -0.2) is 90.0 Å². The minimum Gasteiger partial charge on any atom is -0.444 e. The van der Waals surface area contributed by atoms with E-state index in [0.717, 1.165) is 12.8 Å². The number of amides is 4. The van der Waals surface area contributed by atoms with Gasteiger partial charge in [-0.3, -0.25) is 14.4 Å². The van der Waals surface area contributed by atoms with Crippen LogP contribution in [-0.2, 0) is 23.9 Å². The van der Waals surface area contributed by atoms with Crippen LogP contribution in [0.25, 0.3) is 0 Å². The third kappa shape index (κ3) is 14.0. The Bertz CT molecular complexity index is 803. The molecular weight excluding hydrogens is 512 g/mol. The first-order valence-electron chi connectivity index (χ1n) is 13.2. The van der Waals surface area contributed by atoms with Crippen molar-refractivity contribution in [3.05, 3.63) is 12.2 Å². The number of ether oxygens (including phenoxy) is 2. The average molecular weight is 559 g/mol. The summed E-state index contributed by atoms with van der Waals surface area (Å²) in [6.07, 6.45) is 3.86. The summed E-state index contributed by atoms with van der Waals surface area (Å²) < 4.78 is 10.9. The van der Waals surface area contributed by atoms with Gasteiger partial charge in [-0.25, -0.2) is 4.79 Å². The molecule has 1 rings (SSSR count). The lowest BCUT2D eigenvalue weighted by atomic mass is 9.97. The zero-order valence-corrected chi connectivity index (χ0v) is 24.3. The Morgan fingerprint density at radius 1 is 1.24 bits per heavy atom. The van der Waals surface area contributed by atoms with Crippen LogP contribution >= 0.6 is 11.8 Å². The highest BCUT2D eigenvalue weighted by atomic mass is 32.2. The average Bonchev–Trinajstić information content (AvgIpc) is 2.82. The molecule has 0 spiro atoms. The Hall–Kier alpha value is -2.31. The number of nitrogens with one attached hydrogen (secondary N) is 4. The van der Waals surface area contributed by atoms with Gasteiger partial charge in [0.1, 0.15) is 17.7 Å². The van der Waals surface area contributed by atoms with Gasteiger partial charge in [0.05, 0.1) is 25.4 Å². The van der Waals surface area contributed by atoms with Crippen molar-refractivity contribution in [2.24, 2.45) is 5.92 Å². The molecule has 12 heteroatoms. The highest BCUT2D eigenvalue weighted by molar-refractivity contribution is 7.99. The van der Waals surface area contributed by atoms with Crippen LogP contribution in [0.3, 0.4) is 0 Å². The molecule has 0 fully saturated rings. The van der Waals surface area contributed by atoms with Gasteiger partial charge in [0, 0.05) is 24.0 Å². The van der Waals surface area contributed by atoms with E-state index in [2.05, 4.69) is 21.3 Å². The maximum Gasteiger partial charge on any atom is 0.408 e. The van der Waals surface area contributed by atoms with Crippen molar-refractivity contribution < 1.29 is 33.8 Å². The van der Waals surface area contributed by atoms with E-state index >= 15 is 0 Å². The van der Waals surface area contributed by atoms with Crippen molar-refractivity contribution in [2.75, 3.05) is 31.3 Å². The molecular formula is C26H46N4O7S. The Kier molecular flexibility index (Phi) is 15.4. The van der Waals surface area contributed by atoms with Crippen LogP contribution in [0.2, 0.25) is 0 Å². The van der Waals surface area contributed by atoms with Gasteiger partial charge in [-0.1, -0.05) is 32.4 Å². The molecule has 0 saturated carbocycles. The van der Waals surface area contributed by atoms with E-state index < -0.39 is 53.7 Å². The second kappa shape index (κ2) is 17.3. The molecule has 38 heavy (non-hydrogen) atoms. The summed E-state index contributed by atoms with van der Waals surface area (Å²) in [5.74, 6) is -0.845. The van der Waals surface area contributed by atoms with E-state index in [1.807, 2.05) is 13.0 Å². The van der Waals surface area contributed by atoms with E-state index in [9.17, 15) is 24.3 Å². The summed E-state index contributed by atoms with van der Waals surface area (Å²) in [7, 11) is 0. The van der Waals surface area contributed by atoms with Crippen molar-refractivity contribution in [3.8, 4) is 0 Å². The fourth-order valence-corrected chi connectivity index (χ4v) is 4.30. The van der Waals surface area contributed by atoms with Gasteiger partial charge < -0.3 is 35.8 Å². The molecule has 0 aromatic heterocycles. The maximum absolute atomic E-state index is 12.9.